The molecule has 21 heavy (non-hydrogen) atoms. The fourth-order valence-electron chi connectivity index (χ4n) is 3.17. The summed E-state index contributed by atoms with van der Waals surface area (Å²) < 4.78 is 5.68. The SMILES string of the molecule is c1ccc2c(c1)CCCN2Cc1ccoc1CNC1CC1. The molecule has 0 saturated heterocycles. The normalized spacial score (nSPS) is 17.8. The molecule has 0 spiro atoms. The molecule has 1 aliphatic carbocycles. The van der Waals surface area contributed by atoms with Crippen LogP contribution in [0.15, 0.2) is 41.0 Å². The highest BCUT2D eigenvalue weighted by molar-refractivity contribution is 5.55. The van der Waals surface area contributed by atoms with Crippen molar-refractivity contribution < 1.29 is 4.42 Å². The van der Waals surface area contributed by atoms with Crippen LogP contribution >= 0.6 is 0 Å². The van der Waals surface area contributed by atoms with E-state index < -0.39 is 0 Å². The Morgan fingerprint density at radius 2 is 2.10 bits per heavy atom. The van der Waals surface area contributed by atoms with Gasteiger partial charge in [-0.25, -0.2) is 0 Å². The van der Waals surface area contributed by atoms with Crippen LogP contribution < -0.4 is 10.2 Å². The van der Waals surface area contributed by atoms with Gasteiger partial charge in [-0.3, -0.25) is 0 Å². The van der Waals surface area contributed by atoms with Gasteiger partial charge in [0.25, 0.3) is 0 Å². The molecule has 0 amide bonds. The Kier molecular flexibility index (Phi) is 3.44. The summed E-state index contributed by atoms with van der Waals surface area (Å²) in [5.74, 6) is 1.10. The monoisotopic (exact) mass is 282 g/mol. The summed E-state index contributed by atoms with van der Waals surface area (Å²) >= 11 is 0. The Balaban J connectivity index is 1.50. The molecule has 3 heteroatoms. The Bertz CT molecular complexity index is 615. The highest BCUT2D eigenvalue weighted by atomic mass is 16.3. The van der Waals surface area contributed by atoms with Crippen molar-refractivity contribution in [3.8, 4) is 0 Å². The molecule has 1 aromatic carbocycles. The van der Waals surface area contributed by atoms with Gasteiger partial charge in [-0.2, -0.15) is 0 Å². The molecular formula is C18H22N2O. The van der Waals surface area contributed by atoms with Crippen molar-refractivity contribution in [2.45, 2.75) is 44.8 Å². The van der Waals surface area contributed by atoms with Gasteiger partial charge in [-0.05, 0) is 43.4 Å². The number of nitrogens with zero attached hydrogens (tertiary/aromatic N) is 1. The van der Waals surface area contributed by atoms with Gasteiger partial charge in [0.2, 0.25) is 0 Å². The van der Waals surface area contributed by atoms with Gasteiger partial charge < -0.3 is 14.6 Å². The molecule has 110 valence electrons. The smallest absolute Gasteiger partial charge is 0.122 e. The number of furan rings is 1. The highest BCUT2D eigenvalue weighted by Crippen LogP contribution is 2.29. The number of anilines is 1. The van der Waals surface area contributed by atoms with E-state index in [0.29, 0.717) is 0 Å². The molecule has 1 aliphatic heterocycles. The number of rotatable bonds is 5. The molecule has 2 aromatic rings. The van der Waals surface area contributed by atoms with E-state index in [-0.39, 0.29) is 0 Å². The molecule has 0 radical (unpaired) electrons. The number of nitrogens with one attached hydrogen (secondary N) is 1. The van der Waals surface area contributed by atoms with Crippen LogP contribution in [0.2, 0.25) is 0 Å². The zero-order valence-electron chi connectivity index (χ0n) is 12.3. The zero-order chi connectivity index (χ0) is 14.1. The van der Waals surface area contributed by atoms with Crippen molar-refractivity contribution in [1.29, 1.82) is 0 Å². The van der Waals surface area contributed by atoms with Gasteiger partial charge in [-0.15, -0.1) is 0 Å². The first-order valence-corrected chi connectivity index (χ1v) is 8.01. The van der Waals surface area contributed by atoms with E-state index in [1.165, 1.54) is 42.5 Å². The fourth-order valence-corrected chi connectivity index (χ4v) is 3.17. The van der Waals surface area contributed by atoms with Crippen LogP contribution in [0.1, 0.15) is 36.1 Å². The molecule has 1 saturated carbocycles. The maximum Gasteiger partial charge on any atom is 0.122 e. The maximum atomic E-state index is 5.68. The number of hydrogen-bond donors (Lipinski definition) is 1. The van der Waals surface area contributed by atoms with Crippen molar-refractivity contribution in [3.63, 3.8) is 0 Å². The van der Waals surface area contributed by atoms with Crippen LogP contribution in [0.5, 0.6) is 0 Å². The highest BCUT2D eigenvalue weighted by Gasteiger charge is 2.22. The lowest BCUT2D eigenvalue weighted by atomic mass is 10.0. The standard InChI is InChI=1S/C18H22N2O/c1-2-6-17-14(4-1)5-3-10-20(17)13-15-9-11-21-18(15)12-19-16-7-8-16/h1-2,4,6,9,11,16,19H,3,5,7-8,10,12-13H2. The first-order valence-electron chi connectivity index (χ1n) is 8.01. The minimum Gasteiger partial charge on any atom is -0.468 e. The number of benzene rings is 1. The van der Waals surface area contributed by atoms with Crippen LogP contribution in [0.4, 0.5) is 5.69 Å². The van der Waals surface area contributed by atoms with Gasteiger partial charge in [0.1, 0.15) is 5.76 Å². The van der Waals surface area contributed by atoms with Crippen molar-refractivity contribution >= 4 is 5.69 Å². The van der Waals surface area contributed by atoms with E-state index in [2.05, 4.69) is 40.5 Å². The molecule has 0 unspecified atom stereocenters. The summed E-state index contributed by atoms with van der Waals surface area (Å²) in [6.45, 7) is 2.95. The van der Waals surface area contributed by atoms with Gasteiger partial charge in [0.15, 0.2) is 0 Å². The maximum absolute atomic E-state index is 5.68. The molecule has 1 fully saturated rings. The lowest BCUT2D eigenvalue weighted by Crippen LogP contribution is -2.29. The molecule has 0 atom stereocenters. The van der Waals surface area contributed by atoms with E-state index in [1.807, 2.05) is 6.26 Å². The summed E-state index contributed by atoms with van der Waals surface area (Å²) in [4.78, 5) is 2.49. The Labute approximate surface area is 126 Å². The topological polar surface area (TPSA) is 28.4 Å². The molecule has 0 bridgehead atoms. The van der Waals surface area contributed by atoms with Crippen molar-refractivity contribution in [3.05, 3.63) is 53.5 Å². The predicted octanol–water partition coefficient (Wildman–Crippen LogP) is 3.48. The van der Waals surface area contributed by atoms with Gasteiger partial charge in [-0.1, -0.05) is 18.2 Å². The average molecular weight is 282 g/mol. The van der Waals surface area contributed by atoms with E-state index in [0.717, 1.165) is 31.4 Å². The average Bonchev–Trinajstić information content (AvgIpc) is 3.25. The third-order valence-electron chi connectivity index (χ3n) is 4.53. The number of aryl methyl sites for hydroxylation is 1. The molecule has 2 aliphatic rings. The van der Waals surface area contributed by atoms with Gasteiger partial charge in [0, 0.05) is 30.4 Å². The second-order valence-electron chi connectivity index (χ2n) is 6.18. The van der Waals surface area contributed by atoms with E-state index in [9.17, 15) is 0 Å². The number of para-hydroxylation sites is 1. The van der Waals surface area contributed by atoms with Crippen molar-refractivity contribution in [2.24, 2.45) is 0 Å². The fraction of sp³-hybridized carbons (Fsp3) is 0.444. The minimum absolute atomic E-state index is 0.721. The third-order valence-corrected chi connectivity index (χ3v) is 4.53. The summed E-state index contributed by atoms with van der Waals surface area (Å²) in [7, 11) is 0. The quantitative estimate of drug-likeness (QED) is 0.910. The summed E-state index contributed by atoms with van der Waals surface area (Å²) in [6, 6.07) is 11.6. The van der Waals surface area contributed by atoms with E-state index >= 15 is 0 Å². The second kappa shape index (κ2) is 5.57. The first-order chi connectivity index (χ1) is 10.4. The molecule has 2 heterocycles. The van der Waals surface area contributed by atoms with Crippen LogP contribution in [-0.4, -0.2) is 12.6 Å². The van der Waals surface area contributed by atoms with Crippen LogP contribution in [0, 0.1) is 0 Å². The van der Waals surface area contributed by atoms with Gasteiger partial charge >= 0.3 is 0 Å². The molecule has 1 N–H and O–H groups in total. The molecular weight excluding hydrogens is 260 g/mol. The molecule has 3 nitrogen and oxygen atoms in total. The molecule has 4 rings (SSSR count). The van der Waals surface area contributed by atoms with Crippen molar-refractivity contribution in [1.82, 2.24) is 5.32 Å². The third kappa shape index (κ3) is 2.84. The summed E-state index contributed by atoms with van der Waals surface area (Å²) in [5, 5.41) is 3.54. The largest absolute Gasteiger partial charge is 0.468 e. The number of hydrogen-bond acceptors (Lipinski definition) is 3. The first kappa shape index (κ1) is 13.0. The summed E-state index contributed by atoms with van der Waals surface area (Å²) in [5.41, 5.74) is 4.19. The number of fused-ring (bicyclic) bond motifs is 1. The van der Waals surface area contributed by atoms with E-state index in [4.69, 9.17) is 4.42 Å². The Hall–Kier alpha value is -1.74. The lowest BCUT2D eigenvalue weighted by Gasteiger charge is -2.31. The Morgan fingerprint density at radius 1 is 1.19 bits per heavy atom. The summed E-state index contributed by atoms with van der Waals surface area (Å²) in [6.07, 6.45) is 6.90. The minimum atomic E-state index is 0.721. The zero-order valence-corrected chi connectivity index (χ0v) is 12.3. The van der Waals surface area contributed by atoms with Crippen molar-refractivity contribution in [2.75, 3.05) is 11.4 Å². The van der Waals surface area contributed by atoms with Gasteiger partial charge in [0.05, 0.1) is 12.8 Å². The van der Waals surface area contributed by atoms with E-state index in [1.54, 1.807) is 0 Å². The van der Waals surface area contributed by atoms with Crippen LogP contribution in [0.3, 0.4) is 0 Å². The second-order valence-corrected chi connectivity index (χ2v) is 6.18. The van der Waals surface area contributed by atoms with Crippen LogP contribution in [0.25, 0.3) is 0 Å². The predicted molar refractivity (Wildman–Crippen MR) is 84.4 cm³/mol. The lowest BCUT2D eigenvalue weighted by molar-refractivity contribution is 0.476. The van der Waals surface area contributed by atoms with Crippen LogP contribution in [-0.2, 0) is 19.5 Å². The Morgan fingerprint density at radius 3 is 3.00 bits per heavy atom. The molecule has 1 aromatic heterocycles.